The zero-order chi connectivity index (χ0) is 16.6. The highest BCUT2D eigenvalue weighted by Gasteiger charge is 2.28. The molecule has 9 nitrogen and oxygen atoms in total. The summed E-state index contributed by atoms with van der Waals surface area (Å²) in [5, 5.41) is 20.3. The molecular formula is C13H16N6O3S. The van der Waals surface area contributed by atoms with Gasteiger partial charge in [0.1, 0.15) is 5.69 Å². The number of aryl methyl sites for hydroxylation is 1. The smallest absolute Gasteiger partial charge is 0.298 e. The molecule has 2 aromatic heterocycles. The van der Waals surface area contributed by atoms with Crippen molar-refractivity contribution in [3.8, 4) is 0 Å². The highest BCUT2D eigenvalue weighted by Crippen LogP contribution is 2.29. The van der Waals surface area contributed by atoms with Crippen LogP contribution in [0.2, 0.25) is 0 Å². The first-order chi connectivity index (χ1) is 11.0. The van der Waals surface area contributed by atoms with E-state index in [0.717, 1.165) is 36.6 Å². The van der Waals surface area contributed by atoms with Crippen LogP contribution >= 0.6 is 11.3 Å². The van der Waals surface area contributed by atoms with Crippen molar-refractivity contribution in [2.45, 2.75) is 26.8 Å². The molecule has 1 aliphatic rings. The maximum atomic E-state index is 12.2. The number of hydrogen-bond donors (Lipinski definition) is 2. The molecule has 0 saturated heterocycles. The predicted octanol–water partition coefficient (Wildman–Crippen LogP) is 1.71. The van der Waals surface area contributed by atoms with Crippen LogP contribution in [0.1, 0.15) is 33.7 Å². The number of fused-ring (bicyclic) bond motifs is 1. The molecular weight excluding hydrogens is 320 g/mol. The van der Waals surface area contributed by atoms with Gasteiger partial charge in [0, 0.05) is 24.4 Å². The molecule has 0 unspecified atom stereocenters. The quantitative estimate of drug-likeness (QED) is 0.648. The number of nitrogens with one attached hydrogen (secondary N) is 2. The van der Waals surface area contributed by atoms with Crippen LogP contribution in [0.15, 0.2) is 0 Å². The van der Waals surface area contributed by atoms with Crippen LogP contribution in [0.25, 0.3) is 0 Å². The van der Waals surface area contributed by atoms with Crippen LogP contribution in [0, 0.1) is 17.0 Å². The number of nitro groups is 1. The minimum atomic E-state index is -0.625. The van der Waals surface area contributed by atoms with Crippen molar-refractivity contribution in [2.75, 3.05) is 18.4 Å². The molecule has 0 aromatic carbocycles. The number of hydrogen-bond acceptors (Lipinski definition) is 7. The van der Waals surface area contributed by atoms with E-state index in [1.807, 2.05) is 0 Å². The van der Waals surface area contributed by atoms with E-state index in [1.165, 1.54) is 18.3 Å². The van der Waals surface area contributed by atoms with Gasteiger partial charge in [0.25, 0.3) is 5.91 Å². The molecule has 3 rings (SSSR count). The van der Waals surface area contributed by atoms with Gasteiger partial charge in [0.05, 0.1) is 10.6 Å². The van der Waals surface area contributed by atoms with Gasteiger partial charge in [0.15, 0.2) is 5.13 Å². The Morgan fingerprint density at radius 1 is 1.57 bits per heavy atom. The monoisotopic (exact) mass is 336 g/mol. The highest BCUT2D eigenvalue weighted by atomic mass is 32.1. The molecule has 2 N–H and O–H groups in total. The van der Waals surface area contributed by atoms with Crippen molar-refractivity contribution < 1.29 is 9.72 Å². The standard InChI is InChI=1S/C13H16N6O3S/c1-3-18-5-4-8-9(6-18)23-13(14-8)15-12(20)10-11(19(21)22)7(2)16-17-10/h3-6H2,1-2H3,(H,16,17)(H,14,15,20). The molecule has 3 heterocycles. The van der Waals surface area contributed by atoms with Crippen molar-refractivity contribution >= 4 is 28.1 Å². The number of anilines is 1. The van der Waals surface area contributed by atoms with E-state index in [1.54, 1.807) is 0 Å². The number of carbonyl (C=O) groups is 1. The number of likely N-dealkylation sites (N-methyl/N-ethyl adjacent to an activating group) is 1. The molecule has 1 amide bonds. The van der Waals surface area contributed by atoms with Crippen molar-refractivity contribution in [2.24, 2.45) is 0 Å². The van der Waals surface area contributed by atoms with Gasteiger partial charge in [0.2, 0.25) is 5.69 Å². The summed E-state index contributed by atoms with van der Waals surface area (Å²) in [5.41, 5.74) is 0.705. The zero-order valence-corrected chi connectivity index (χ0v) is 13.6. The van der Waals surface area contributed by atoms with Crippen molar-refractivity contribution in [1.29, 1.82) is 0 Å². The lowest BCUT2D eigenvalue weighted by molar-refractivity contribution is -0.385. The molecule has 2 aromatic rings. The Morgan fingerprint density at radius 2 is 2.35 bits per heavy atom. The summed E-state index contributed by atoms with van der Waals surface area (Å²) < 4.78 is 0. The Morgan fingerprint density at radius 3 is 3.04 bits per heavy atom. The Bertz CT molecular complexity index is 768. The van der Waals surface area contributed by atoms with Crippen LogP contribution < -0.4 is 5.32 Å². The fraction of sp³-hybridized carbons (Fsp3) is 0.462. The SMILES string of the molecule is CCN1CCc2nc(NC(=O)c3n[nH]c(C)c3[N+](=O)[O-])sc2C1. The second kappa shape index (κ2) is 6.05. The van der Waals surface area contributed by atoms with Gasteiger partial charge in [-0.2, -0.15) is 5.10 Å². The largest absolute Gasteiger partial charge is 0.322 e. The fourth-order valence-corrected chi connectivity index (χ4v) is 3.58. The Balaban J connectivity index is 1.79. The summed E-state index contributed by atoms with van der Waals surface area (Å²) in [6.07, 6.45) is 0.844. The van der Waals surface area contributed by atoms with Gasteiger partial charge in [-0.25, -0.2) is 4.98 Å². The Labute approximate surface area is 135 Å². The number of H-pyrrole nitrogens is 1. The maximum absolute atomic E-state index is 12.2. The average molecular weight is 336 g/mol. The summed E-state index contributed by atoms with van der Waals surface area (Å²) in [5.74, 6) is -0.625. The maximum Gasteiger partial charge on any atom is 0.322 e. The van der Waals surface area contributed by atoms with Crippen LogP contribution in [-0.2, 0) is 13.0 Å². The van der Waals surface area contributed by atoms with Gasteiger partial charge in [-0.15, -0.1) is 11.3 Å². The third-order valence-corrected chi connectivity index (χ3v) is 4.79. The zero-order valence-electron chi connectivity index (χ0n) is 12.8. The van der Waals surface area contributed by atoms with Crippen LogP contribution in [0.3, 0.4) is 0 Å². The number of aromatic amines is 1. The minimum absolute atomic E-state index is 0.226. The lowest BCUT2D eigenvalue weighted by atomic mass is 10.2. The summed E-state index contributed by atoms with van der Waals surface area (Å²) in [6.45, 7) is 6.35. The number of amides is 1. The van der Waals surface area contributed by atoms with Gasteiger partial charge < -0.3 is 0 Å². The lowest BCUT2D eigenvalue weighted by Crippen LogP contribution is -2.29. The van der Waals surface area contributed by atoms with E-state index >= 15 is 0 Å². The third-order valence-electron chi connectivity index (χ3n) is 3.79. The van der Waals surface area contributed by atoms with Crippen LogP contribution in [-0.4, -0.2) is 44.0 Å². The molecule has 0 radical (unpaired) electrons. The first kappa shape index (κ1) is 15.6. The molecule has 0 bridgehead atoms. The number of aromatic nitrogens is 3. The first-order valence-electron chi connectivity index (χ1n) is 7.21. The van der Waals surface area contributed by atoms with Crippen molar-refractivity contribution in [3.63, 3.8) is 0 Å². The molecule has 10 heteroatoms. The van der Waals surface area contributed by atoms with E-state index < -0.39 is 10.8 Å². The molecule has 122 valence electrons. The summed E-state index contributed by atoms with van der Waals surface area (Å²) in [7, 11) is 0. The summed E-state index contributed by atoms with van der Waals surface area (Å²) in [4.78, 5) is 30.5. The Kier molecular flexibility index (Phi) is 4.09. The normalized spacial score (nSPS) is 14.5. The molecule has 0 saturated carbocycles. The molecule has 0 aliphatic carbocycles. The minimum Gasteiger partial charge on any atom is -0.298 e. The average Bonchev–Trinajstić information content (AvgIpc) is 3.08. The molecule has 0 fully saturated rings. The van der Waals surface area contributed by atoms with E-state index in [-0.39, 0.29) is 17.1 Å². The van der Waals surface area contributed by atoms with Gasteiger partial charge in [-0.3, -0.25) is 30.2 Å². The van der Waals surface area contributed by atoms with Gasteiger partial charge in [-0.05, 0) is 13.5 Å². The van der Waals surface area contributed by atoms with Gasteiger partial charge >= 0.3 is 5.69 Å². The van der Waals surface area contributed by atoms with E-state index in [4.69, 9.17) is 0 Å². The number of carbonyl (C=O) groups excluding carboxylic acids is 1. The highest BCUT2D eigenvalue weighted by molar-refractivity contribution is 7.15. The third kappa shape index (κ3) is 2.94. The van der Waals surface area contributed by atoms with Crippen LogP contribution in [0.5, 0.6) is 0 Å². The van der Waals surface area contributed by atoms with E-state index in [2.05, 4.69) is 32.3 Å². The van der Waals surface area contributed by atoms with E-state index in [0.29, 0.717) is 5.13 Å². The van der Waals surface area contributed by atoms with Crippen LogP contribution in [0.4, 0.5) is 10.8 Å². The second-order valence-electron chi connectivity index (χ2n) is 5.26. The first-order valence-corrected chi connectivity index (χ1v) is 8.02. The molecule has 23 heavy (non-hydrogen) atoms. The van der Waals surface area contributed by atoms with E-state index in [9.17, 15) is 14.9 Å². The predicted molar refractivity (Wildman–Crippen MR) is 84.7 cm³/mol. The topological polar surface area (TPSA) is 117 Å². The fourth-order valence-electron chi connectivity index (χ4n) is 2.53. The van der Waals surface area contributed by atoms with Crippen molar-refractivity contribution in [1.82, 2.24) is 20.1 Å². The second-order valence-corrected chi connectivity index (χ2v) is 6.35. The van der Waals surface area contributed by atoms with Crippen molar-refractivity contribution in [3.05, 3.63) is 32.1 Å². The lowest BCUT2D eigenvalue weighted by Gasteiger charge is -2.23. The molecule has 1 aliphatic heterocycles. The summed E-state index contributed by atoms with van der Waals surface area (Å²) >= 11 is 1.41. The number of thiazole rings is 1. The summed E-state index contributed by atoms with van der Waals surface area (Å²) in [6, 6.07) is 0. The number of nitrogens with zero attached hydrogens (tertiary/aromatic N) is 4. The molecule has 0 spiro atoms. The Hall–Kier alpha value is -2.33. The van der Waals surface area contributed by atoms with Gasteiger partial charge in [-0.1, -0.05) is 6.92 Å². The molecule has 0 atom stereocenters. The number of rotatable bonds is 4.